The van der Waals surface area contributed by atoms with Gasteiger partial charge in [-0.25, -0.2) is 4.98 Å². The van der Waals surface area contributed by atoms with Crippen LogP contribution >= 0.6 is 0 Å². The second-order valence-corrected chi connectivity index (χ2v) is 3.59. The van der Waals surface area contributed by atoms with Crippen LogP contribution in [-0.4, -0.2) is 22.2 Å². The lowest BCUT2D eigenvalue weighted by Gasteiger charge is -2.12. The third kappa shape index (κ3) is 2.29. The third-order valence-corrected chi connectivity index (χ3v) is 2.48. The van der Waals surface area contributed by atoms with Gasteiger partial charge in [0.25, 0.3) is 0 Å². The van der Waals surface area contributed by atoms with Gasteiger partial charge >= 0.3 is 0 Å². The summed E-state index contributed by atoms with van der Waals surface area (Å²) < 4.78 is 5.05. The van der Waals surface area contributed by atoms with E-state index in [0.29, 0.717) is 16.8 Å². The largest absolute Gasteiger partial charge is 0.480 e. The van der Waals surface area contributed by atoms with Gasteiger partial charge in [0.2, 0.25) is 5.88 Å². The fraction of sp³-hybridized carbons (Fsp3) is 0.154. The summed E-state index contributed by atoms with van der Waals surface area (Å²) in [5, 5.41) is 19.1. The van der Waals surface area contributed by atoms with E-state index >= 15 is 0 Å². The van der Waals surface area contributed by atoms with E-state index in [0.717, 1.165) is 0 Å². The van der Waals surface area contributed by atoms with E-state index in [9.17, 15) is 5.11 Å². The Labute approximate surface area is 104 Å². The summed E-state index contributed by atoms with van der Waals surface area (Å²) in [4.78, 5) is 8.04. The van der Waals surface area contributed by atoms with Crippen LogP contribution in [0.4, 0.5) is 0 Å². The Kier molecular flexibility index (Phi) is 3.51. The first-order chi connectivity index (χ1) is 8.76. The zero-order valence-corrected chi connectivity index (χ0v) is 9.74. The second-order valence-electron chi connectivity index (χ2n) is 3.59. The Morgan fingerprint density at radius 1 is 1.33 bits per heavy atom. The SMILES string of the molecule is COc1nccnc1C(O)c1cccc(C#N)c1. The van der Waals surface area contributed by atoms with Crippen molar-refractivity contribution in [2.75, 3.05) is 7.11 Å². The van der Waals surface area contributed by atoms with Gasteiger partial charge < -0.3 is 9.84 Å². The van der Waals surface area contributed by atoms with Crippen molar-refractivity contribution >= 4 is 0 Å². The van der Waals surface area contributed by atoms with Gasteiger partial charge in [-0.1, -0.05) is 12.1 Å². The Morgan fingerprint density at radius 2 is 2.11 bits per heavy atom. The number of nitrogens with zero attached hydrogens (tertiary/aromatic N) is 3. The summed E-state index contributed by atoms with van der Waals surface area (Å²) in [5.74, 6) is 0.271. The number of ether oxygens (including phenoxy) is 1. The molecule has 2 rings (SSSR count). The van der Waals surface area contributed by atoms with Crippen LogP contribution in [0.1, 0.15) is 22.9 Å². The normalized spacial score (nSPS) is 11.6. The number of hydrogen-bond donors (Lipinski definition) is 1. The summed E-state index contributed by atoms with van der Waals surface area (Å²) >= 11 is 0. The highest BCUT2D eigenvalue weighted by molar-refractivity contribution is 5.37. The van der Waals surface area contributed by atoms with Gasteiger partial charge in [0.05, 0.1) is 18.7 Å². The number of methoxy groups -OCH3 is 1. The van der Waals surface area contributed by atoms with Gasteiger partial charge in [0, 0.05) is 12.4 Å². The number of nitriles is 1. The average molecular weight is 241 g/mol. The second kappa shape index (κ2) is 5.25. The molecule has 1 N–H and O–H groups in total. The van der Waals surface area contributed by atoms with Crippen LogP contribution in [0.15, 0.2) is 36.7 Å². The molecule has 0 radical (unpaired) electrons. The van der Waals surface area contributed by atoms with E-state index in [4.69, 9.17) is 10.00 Å². The molecule has 1 aromatic heterocycles. The molecule has 5 nitrogen and oxygen atoms in total. The van der Waals surface area contributed by atoms with E-state index in [1.165, 1.54) is 19.5 Å². The van der Waals surface area contributed by atoms with Crippen LogP contribution in [0.25, 0.3) is 0 Å². The lowest BCUT2D eigenvalue weighted by molar-refractivity contribution is 0.207. The smallest absolute Gasteiger partial charge is 0.238 e. The highest BCUT2D eigenvalue weighted by Gasteiger charge is 2.17. The van der Waals surface area contributed by atoms with E-state index in [1.807, 2.05) is 6.07 Å². The molecule has 0 saturated carbocycles. The maximum atomic E-state index is 10.2. The number of hydrogen-bond acceptors (Lipinski definition) is 5. The highest BCUT2D eigenvalue weighted by atomic mass is 16.5. The van der Waals surface area contributed by atoms with Crippen molar-refractivity contribution in [3.8, 4) is 11.9 Å². The molecule has 1 heterocycles. The quantitative estimate of drug-likeness (QED) is 0.879. The van der Waals surface area contributed by atoms with Gasteiger partial charge in [0.15, 0.2) is 0 Å². The van der Waals surface area contributed by atoms with Crippen LogP contribution in [0.2, 0.25) is 0 Å². The first-order valence-electron chi connectivity index (χ1n) is 5.29. The van der Waals surface area contributed by atoms with E-state index in [-0.39, 0.29) is 5.88 Å². The minimum Gasteiger partial charge on any atom is -0.480 e. The maximum Gasteiger partial charge on any atom is 0.238 e. The molecule has 0 aliphatic rings. The summed E-state index contributed by atoms with van der Waals surface area (Å²) in [6.07, 6.45) is 2.00. The predicted molar refractivity (Wildman–Crippen MR) is 63.8 cm³/mol. The molecule has 0 spiro atoms. The molecule has 5 heteroatoms. The Bertz CT molecular complexity index is 593. The standard InChI is InChI=1S/C13H11N3O2/c1-18-13-11(15-5-6-16-13)12(17)10-4-2-3-9(7-10)8-14/h2-7,12,17H,1H3. The molecule has 0 aliphatic heterocycles. The minimum atomic E-state index is -0.970. The van der Waals surface area contributed by atoms with Crippen LogP contribution in [-0.2, 0) is 0 Å². The van der Waals surface area contributed by atoms with Crippen molar-refractivity contribution in [1.82, 2.24) is 9.97 Å². The highest BCUT2D eigenvalue weighted by Crippen LogP contribution is 2.26. The number of benzene rings is 1. The van der Waals surface area contributed by atoms with Crippen molar-refractivity contribution in [3.05, 3.63) is 53.5 Å². The molecule has 1 aromatic carbocycles. The molecule has 1 unspecified atom stereocenters. The lowest BCUT2D eigenvalue weighted by Crippen LogP contribution is -2.06. The van der Waals surface area contributed by atoms with Gasteiger partial charge in [-0.05, 0) is 17.7 Å². The van der Waals surface area contributed by atoms with Crippen molar-refractivity contribution < 1.29 is 9.84 Å². The van der Waals surface area contributed by atoms with Crippen molar-refractivity contribution in [2.45, 2.75) is 6.10 Å². The van der Waals surface area contributed by atoms with Gasteiger partial charge in [-0.3, -0.25) is 4.98 Å². The van der Waals surface area contributed by atoms with Crippen molar-refractivity contribution in [1.29, 1.82) is 5.26 Å². The summed E-state index contributed by atoms with van der Waals surface area (Å²) in [6.45, 7) is 0. The molecule has 0 amide bonds. The Hall–Kier alpha value is -2.45. The molecule has 0 saturated heterocycles. The van der Waals surface area contributed by atoms with Crippen LogP contribution in [0.5, 0.6) is 5.88 Å². The van der Waals surface area contributed by atoms with E-state index in [1.54, 1.807) is 24.3 Å². The number of aliphatic hydroxyl groups is 1. The molecule has 0 fully saturated rings. The first kappa shape index (κ1) is 12.0. The molecule has 0 aliphatic carbocycles. The molecular weight excluding hydrogens is 230 g/mol. The number of aromatic nitrogens is 2. The topological polar surface area (TPSA) is 79.0 Å². The Balaban J connectivity index is 2.41. The zero-order valence-electron chi connectivity index (χ0n) is 9.74. The molecule has 0 bridgehead atoms. The summed E-state index contributed by atoms with van der Waals surface area (Å²) in [6, 6.07) is 8.73. The maximum absolute atomic E-state index is 10.2. The van der Waals surface area contributed by atoms with Crippen LogP contribution < -0.4 is 4.74 Å². The predicted octanol–water partition coefficient (Wildman–Crippen LogP) is 1.44. The average Bonchev–Trinajstić information content (AvgIpc) is 2.46. The lowest BCUT2D eigenvalue weighted by atomic mass is 10.0. The Morgan fingerprint density at radius 3 is 2.83 bits per heavy atom. The molecule has 90 valence electrons. The molecule has 1 atom stereocenters. The monoisotopic (exact) mass is 241 g/mol. The van der Waals surface area contributed by atoms with Crippen LogP contribution in [0, 0.1) is 11.3 Å². The minimum absolute atomic E-state index is 0.271. The molecule has 18 heavy (non-hydrogen) atoms. The van der Waals surface area contributed by atoms with Gasteiger partial charge in [-0.15, -0.1) is 0 Å². The summed E-state index contributed by atoms with van der Waals surface area (Å²) in [5.41, 5.74) is 1.39. The number of aliphatic hydroxyl groups excluding tert-OH is 1. The van der Waals surface area contributed by atoms with Gasteiger partial charge in [0.1, 0.15) is 11.8 Å². The van der Waals surface area contributed by atoms with Crippen molar-refractivity contribution in [3.63, 3.8) is 0 Å². The molecule has 2 aromatic rings. The zero-order chi connectivity index (χ0) is 13.0. The molecular formula is C13H11N3O2. The number of rotatable bonds is 3. The van der Waals surface area contributed by atoms with E-state index in [2.05, 4.69) is 9.97 Å². The van der Waals surface area contributed by atoms with Gasteiger partial charge in [-0.2, -0.15) is 5.26 Å². The fourth-order valence-corrected chi connectivity index (χ4v) is 1.62. The first-order valence-corrected chi connectivity index (χ1v) is 5.29. The fourth-order valence-electron chi connectivity index (χ4n) is 1.62. The van der Waals surface area contributed by atoms with E-state index < -0.39 is 6.10 Å². The third-order valence-electron chi connectivity index (χ3n) is 2.48. The van der Waals surface area contributed by atoms with Crippen LogP contribution in [0.3, 0.4) is 0 Å². The van der Waals surface area contributed by atoms with Crippen molar-refractivity contribution in [2.24, 2.45) is 0 Å². The summed E-state index contributed by atoms with van der Waals surface area (Å²) in [7, 11) is 1.46.